The zero-order valence-electron chi connectivity index (χ0n) is 15.2. The Morgan fingerprint density at radius 1 is 0.923 bits per heavy atom. The summed E-state index contributed by atoms with van der Waals surface area (Å²) in [5.41, 5.74) is 2.81. The standard InChI is InChI=1S/C21H22N2O3/c1-13-6-4-9-18(14(13)2)23-20(26)21(10-11-21)19(25)22-17-8-5-7-16(12-17)15(3)24/h4-9,12H,10-11H2,1-3H3,(H,22,25)(H,23,26). The maximum atomic E-state index is 12.7. The first-order valence-electron chi connectivity index (χ1n) is 8.63. The summed E-state index contributed by atoms with van der Waals surface area (Å²) >= 11 is 0. The fourth-order valence-electron chi connectivity index (χ4n) is 2.88. The molecule has 0 saturated heterocycles. The van der Waals surface area contributed by atoms with Gasteiger partial charge < -0.3 is 10.6 Å². The second-order valence-corrected chi connectivity index (χ2v) is 6.87. The van der Waals surface area contributed by atoms with E-state index in [-0.39, 0.29) is 17.6 Å². The largest absolute Gasteiger partial charge is 0.325 e. The minimum atomic E-state index is -1.04. The molecule has 2 N–H and O–H groups in total. The predicted molar refractivity (Wildman–Crippen MR) is 101 cm³/mol. The first-order chi connectivity index (χ1) is 12.3. The monoisotopic (exact) mass is 350 g/mol. The third kappa shape index (κ3) is 3.38. The minimum absolute atomic E-state index is 0.0742. The molecule has 0 unspecified atom stereocenters. The van der Waals surface area contributed by atoms with Crippen LogP contribution in [0.4, 0.5) is 11.4 Å². The highest BCUT2D eigenvalue weighted by atomic mass is 16.2. The second kappa shape index (κ2) is 6.75. The molecule has 0 atom stereocenters. The summed E-state index contributed by atoms with van der Waals surface area (Å²) in [5, 5.41) is 5.68. The Bertz CT molecular complexity index is 898. The van der Waals surface area contributed by atoms with Crippen molar-refractivity contribution in [2.24, 2.45) is 5.41 Å². The molecule has 1 aliphatic rings. The minimum Gasteiger partial charge on any atom is -0.325 e. The zero-order chi connectivity index (χ0) is 18.9. The number of hydrogen-bond donors (Lipinski definition) is 2. The number of hydrogen-bond acceptors (Lipinski definition) is 3. The lowest BCUT2D eigenvalue weighted by Gasteiger charge is -2.17. The van der Waals surface area contributed by atoms with Gasteiger partial charge in [-0.3, -0.25) is 14.4 Å². The second-order valence-electron chi connectivity index (χ2n) is 6.87. The lowest BCUT2D eigenvalue weighted by atomic mass is 10.0. The molecule has 1 aliphatic carbocycles. The molecule has 5 heteroatoms. The van der Waals surface area contributed by atoms with Gasteiger partial charge in [0.2, 0.25) is 11.8 Å². The third-order valence-electron chi connectivity index (χ3n) is 5.00. The average Bonchev–Trinajstić information content (AvgIpc) is 3.41. The molecule has 5 nitrogen and oxygen atoms in total. The van der Waals surface area contributed by atoms with E-state index in [2.05, 4.69) is 10.6 Å². The smallest absolute Gasteiger partial charge is 0.240 e. The Hall–Kier alpha value is -2.95. The van der Waals surface area contributed by atoms with Crippen LogP contribution in [-0.4, -0.2) is 17.6 Å². The normalized spacial score (nSPS) is 14.4. The topological polar surface area (TPSA) is 75.3 Å². The van der Waals surface area contributed by atoms with E-state index in [1.165, 1.54) is 6.92 Å². The molecule has 0 aromatic heterocycles. The molecule has 1 fully saturated rings. The SMILES string of the molecule is CC(=O)c1cccc(NC(=O)C2(C(=O)Nc3cccc(C)c3C)CC2)c1. The quantitative estimate of drug-likeness (QED) is 0.635. The van der Waals surface area contributed by atoms with Gasteiger partial charge in [0.25, 0.3) is 0 Å². The summed E-state index contributed by atoms with van der Waals surface area (Å²) in [4.78, 5) is 36.9. The van der Waals surface area contributed by atoms with E-state index in [1.807, 2.05) is 32.0 Å². The number of carbonyl (C=O) groups is 3. The number of anilines is 2. The zero-order valence-corrected chi connectivity index (χ0v) is 15.2. The van der Waals surface area contributed by atoms with Gasteiger partial charge >= 0.3 is 0 Å². The molecule has 2 amide bonds. The summed E-state index contributed by atoms with van der Waals surface area (Å²) in [6.07, 6.45) is 1.03. The highest BCUT2D eigenvalue weighted by molar-refractivity contribution is 6.17. The van der Waals surface area contributed by atoms with E-state index in [4.69, 9.17) is 0 Å². The molecule has 0 radical (unpaired) electrons. The van der Waals surface area contributed by atoms with Crippen molar-refractivity contribution in [1.29, 1.82) is 0 Å². The molecular weight excluding hydrogens is 328 g/mol. The Morgan fingerprint density at radius 2 is 1.58 bits per heavy atom. The van der Waals surface area contributed by atoms with Crippen molar-refractivity contribution in [2.45, 2.75) is 33.6 Å². The molecule has 26 heavy (non-hydrogen) atoms. The van der Waals surface area contributed by atoms with E-state index in [0.717, 1.165) is 16.8 Å². The van der Waals surface area contributed by atoms with Gasteiger partial charge in [0.1, 0.15) is 5.41 Å². The summed E-state index contributed by atoms with van der Waals surface area (Å²) in [5.74, 6) is -0.692. The maximum absolute atomic E-state index is 12.7. The van der Waals surface area contributed by atoms with E-state index >= 15 is 0 Å². The van der Waals surface area contributed by atoms with Crippen molar-refractivity contribution in [3.8, 4) is 0 Å². The summed E-state index contributed by atoms with van der Waals surface area (Å²) < 4.78 is 0. The fourth-order valence-corrected chi connectivity index (χ4v) is 2.88. The Labute approximate surface area is 152 Å². The van der Waals surface area contributed by atoms with Crippen LogP contribution >= 0.6 is 0 Å². The Morgan fingerprint density at radius 3 is 2.23 bits per heavy atom. The first kappa shape index (κ1) is 17.9. The van der Waals surface area contributed by atoms with Gasteiger partial charge in [0, 0.05) is 16.9 Å². The van der Waals surface area contributed by atoms with Crippen LogP contribution in [0.2, 0.25) is 0 Å². The molecular formula is C21H22N2O3. The van der Waals surface area contributed by atoms with Crippen molar-refractivity contribution in [3.05, 3.63) is 59.2 Å². The number of aryl methyl sites for hydroxylation is 1. The van der Waals surface area contributed by atoms with Crippen LogP contribution in [0, 0.1) is 19.3 Å². The molecule has 134 valence electrons. The molecule has 0 heterocycles. The molecule has 3 rings (SSSR count). The Kier molecular flexibility index (Phi) is 4.64. The van der Waals surface area contributed by atoms with E-state index in [9.17, 15) is 14.4 Å². The van der Waals surface area contributed by atoms with Gasteiger partial charge in [-0.1, -0.05) is 24.3 Å². The highest BCUT2D eigenvalue weighted by Crippen LogP contribution is 2.47. The molecule has 0 spiro atoms. The number of benzene rings is 2. The van der Waals surface area contributed by atoms with Gasteiger partial charge in [0.15, 0.2) is 5.78 Å². The van der Waals surface area contributed by atoms with Crippen LogP contribution in [-0.2, 0) is 9.59 Å². The average molecular weight is 350 g/mol. The van der Waals surface area contributed by atoms with Gasteiger partial charge in [-0.05, 0) is 62.9 Å². The van der Waals surface area contributed by atoms with Crippen LogP contribution in [0.1, 0.15) is 41.3 Å². The third-order valence-corrected chi connectivity index (χ3v) is 5.00. The first-order valence-corrected chi connectivity index (χ1v) is 8.63. The van der Waals surface area contributed by atoms with Crippen molar-refractivity contribution in [3.63, 3.8) is 0 Å². The number of carbonyl (C=O) groups excluding carboxylic acids is 3. The molecule has 0 bridgehead atoms. The van der Waals surface area contributed by atoms with Crippen molar-refractivity contribution in [1.82, 2.24) is 0 Å². The van der Waals surface area contributed by atoms with Crippen molar-refractivity contribution < 1.29 is 14.4 Å². The summed E-state index contributed by atoms with van der Waals surface area (Å²) in [6.45, 7) is 5.39. The van der Waals surface area contributed by atoms with Crippen LogP contribution in [0.25, 0.3) is 0 Å². The van der Waals surface area contributed by atoms with Crippen LogP contribution < -0.4 is 10.6 Å². The molecule has 1 saturated carbocycles. The number of Topliss-reactive ketones (excluding diaryl/α,β-unsaturated/α-hetero) is 1. The van der Waals surface area contributed by atoms with Gasteiger partial charge in [0.05, 0.1) is 0 Å². The maximum Gasteiger partial charge on any atom is 0.240 e. The molecule has 2 aromatic rings. The predicted octanol–water partition coefficient (Wildman–Crippen LogP) is 3.86. The number of ketones is 1. The van der Waals surface area contributed by atoms with E-state index in [0.29, 0.717) is 24.1 Å². The molecule has 2 aromatic carbocycles. The Balaban J connectivity index is 1.74. The van der Waals surface area contributed by atoms with Crippen LogP contribution in [0.5, 0.6) is 0 Å². The lowest BCUT2D eigenvalue weighted by Crippen LogP contribution is -2.35. The van der Waals surface area contributed by atoms with Crippen molar-refractivity contribution >= 4 is 29.0 Å². The highest BCUT2D eigenvalue weighted by Gasteiger charge is 2.56. The summed E-state index contributed by atoms with van der Waals surface area (Å²) in [6, 6.07) is 12.4. The van der Waals surface area contributed by atoms with Crippen molar-refractivity contribution in [2.75, 3.05) is 10.6 Å². The lowest BCUT2D eigenvalue weighted by molar-refractivity contribution is -0.131. The fraction of sp³-hybridized carbons (Fsp3) is 0.286. The molecule has 0 aliphatic heterocycles. The van der Waals surface area contributed by atoms with E-state index < -0.39 is 5.41 Å². The van der Waals surface area contributed by atoms with E-state index in [1.54, 1.807) is 24.3 Å². The van der Waals surface area contributed by atoms with Crippen LogP contribution in [0.15, 0.2) is 42.5 Å². The van der Waals surface area contributed by atoms with Gasteiger partial charge in [-0.2, -0.15) is 0 Å². The number of amides is 2. The summed E-state index contributed by atoms with van der Waals surface area (Å²) in [7, 11) is 0. The van der Waals surface area contributed by atoms with Crippen LogP contribution in [0.3, 0.4) is 0 Å². The van der Waals surface area contributed by atoms with Gasteiger partial charge in [-0.15, -0.1) is 0 Å². The number of nitrogens with one attached hydrogen (secondary N) is 2. The number of rotatable bonds is 5. The van der Waals surface area contributed by atoms with Gasteiger partial charge in [-0.25, -0.2) is 0 Å².